The maximum atomic E-state index is 11.4. The van der Waals surface area contributed by atoms with Crippen molar-refractivity contribution in [1.29, 1.82) is 5.26 Å². The van der Waals surface area contributed by atoms with Crippen molar-refractivity contribution >= 4 is 21.9 Å². The molecular weight excluding hydrogens is 286 g/mol. The molecule has 0 fully saturated rings. The molecule has 0 amide bonds. The number of hydrogen-bond donors (Lipinski definition) is 1. The zero-order chi connectivity index (χ0) is 12.8. The van der Waals surface area contributed by atoms with Crippen LogP contribution in [0.5, 0.6) is 0 Å². The van der Waals surface area contributed by atoms with Crippen molar-refractivity contribution in [3.8, 4) is 6.07 Å². The highest BCUT2D eigenvalue weighted by Gasteiger charge is 2.13. The second-order valence-electron chi connectivity index (χ2n) is 3.35. The van der Waals surface area contributed by atoms with E-state index in [1.165, 1.54) is 0 Å². The fourth-order valence-corrected chi connectivity index (χ4v) is 2.09. The highest BCUT2D eigenvalue weighted by molar-refractivity contribution is 9.10. The first kappa shape index (κ1) is 13.7. The maximum absolute atomic E-state index is 11.4. The first-order valence-corrected chi connectivity index (χ1v) is 5.89. The van der Waals surface area contributed by atoms with Gasteiger partial charge in [-0.15, -0.1) is 0 Å². The quantitative estimate of drug-likeness (QED) is 0.862. The van der Waals surface area contributed by atoms with E-state index in [9.17, 15) is 9.90 Å². The Hall–Kier alpha value is -1.38. The van der Waals surface area contributed by atoms with Crippen LogP contribution in [0.1, 0.15) is 23.6 Å². The van der Waals surface area contributed by atoms with Gasteiger partial charge in [-0.3, -0.25) is 4.79 Å². The molecule has 0 aliphatic carbocycles. The highest BCUT2D eigenvalue weighted by Crippen LogP contribution is 2.24. The zero-order valence-corrected chi connectivity index (χ0v) is 11.0. The monoisotopic (exact) mass is 297 g/mol. The lowest BCUT2D eigenvalue weighted by molar-refractivity contribution is -0.142. The van der Waals surface area contributed by atoms with E-state index in [0.29, 0.717) is 27.8 Å². The minimum Gasteiger partial charge on any atom is -0.466 e. The van der Waals surface area contributed by atoms with Crippen molar-refractivity contribution in [2.45, 2.75) is 20.0 Å². The average molecular weight is 298 g/mol. The molecule has 0 aliphatic heterocycles. The Morgan fingerprint density at radius 1 is 1.59 bits per heavy atom. The van der Waals surface area contributed by atoms with Gasteiger partial charge in [-0.2, -0.15) is 5.26 Å². The fraction of sp³-hybridized carbons (Fsp3) is 0.333. The second kappa shape index (κ2) is 6.38. The molecule has 17 heavy (non-hydrogen) atoms. The molecule has 1 rings (SSSR count). The molecule has 0 atom stereocenters. The lowest BCUT2D eigenvalue weighted by Crippen LogP contribution is -2.10. The Morgan fingerprint density at radius 3 is 2.82 bits per heavy atom. The van der Waals surface area contributed by atoms with Crippen molar-refractivity contribution in [3.63, 3.8) is 0 Å². The first-order valence-electron chi connectivity index (χ1n) is 5.10. The molecule has 0 unspecified atom stereocenters. The summed E-state index contributed by atoms with van der Waals surface area (Å²) in [6, 6.07) is 5.18. The van der Waals surface area contributed by atoms with Gasteiger partial charge in [-0.05, 0) is 30.2 Å². The van der Waals surface area contributed by atoms with Crippen molar-refractivity contribution in [3.05, 3.63) is 33.3 Å². The summed E-state index contributed by atoms with van der Waals surface area (Å²) >= 11 is 3.29. The topological polar surface area (TPSA) is 70.3 Å². The van der Waals surface area contributed by atoms with Crippen molar-refractivity contribution in [1.82, 2.24) is 0 Å². The average Bonchev–Trinajstić information content (AvgIpc) is 2.31. The summed E-state index contributed by atoms with van der Waals surface area (Å²) in [4.78, 5) is 11.4. The van der Waals surface area contributed by atoms with E-state index in [1.807, 2.05) is 6.07 Å². The van der Waals surface area contributed by atoms with Crippen LogP contribution in [-0.4, -0.2) is 17.7 Å². The van der Waals surface area contributed by atoms with Crippen molar-refractivity contribution in [2.75, 3.05) is 6.61 Å². The molecule has 4 nitrogen and oxygen atoms in total. The Kier molecular flexibility index (Phi) is 5.13. The van der Waals surface area contributed by atoms with Crippen LogP contribution in [0.4, 0.5) is 0 Å². The minimum atomic E-state index is -0.354. The number of benzene rings is 1. The summed E-state index contributed by atoms with van der Waals surface area (Å²) in [5.74, 6) is -0.354. The van der Waals surface area contributed by atoms with E-state index in [2.05, 4.69) is 15.9 Å². The molecule has 0 heterocycles. The molecular formula is C12H12BrNO3. The van der Waals surface area contributed by atoms with Crippen LogP contribution in [0.15, 0.2) is 16.6 Å². The third-order valence-electron chi connectivity index (χ3n) is 2.21. The number of halogens is 1. The van der Waals surface area contributed by atoms with Gasteiger partial charge in [0.05, 0.1) is 31.3 Å². The van der Waals surface area contributed by atoms with Crippen LogP contribution < -0.4 is 0 Å². The predicted molar refractivity (Wildman–Crippen MR) is 65.1 cm³/mol. The third-order valence-corrected chi connectivity index (χ3v) is 2.92. The summed E-state index contributed by atoms with van der Waals surface area (Å²) in [6.07, 6.45) is 0.0794. The molecule has 0 saturated heterocycles. The lowest BCUT2D eigenvalue weighted by atomic mass is 10.0. The zero-order valence-electron chi connectivity index (χ0n) is 9.36. The molecule has 0 spiro atoms. The van der Waals surface area contributed by atoms with E-state index in [0.717, 1.165) is 0 Å². The van der Waals surface area contributed by atoms with Crippen LogP contribution in [-0.2, 0) is 22.6 Å². The van der Waals surface area contributed by atoms with Gasteiger partial charge in [0.15, 0.2) is 0 Å². The normalized spacial score (nSPS) is 9.76. The van der Waals surface area contributed by atoms with E-state index in [4.69, 9.17) is 10.00 Å². The SMILES string of the molecule is CCOC(=O)Cc1c(Br)cc(C#N)cc1CO. The van der Waals surface area contributed by atoms with E-state index in [-0.39, 0.29) is 19.0 Å². The standard InChI is InChI=1S/C12H12BrNO3/c1-2-17-12(16)5-10-9(7-15)3-8(6-14)4-11(10)13/h3-4,15H,2,5,7H2,1H3. The fourth-order valence-electron chi connectivity index (χ4n) is 1.45. The number of aliphatic hydroxyl groups is 1. The van der Waals surface area contributed by atoms with Gasteiger partial charge in [-0.25, -0.2) is 0 Å². The number of rotatable bonds is 4. The van der Waals surface area contributed by atoms with Gasteiger partial charge in [0.1, 0.15) is 0 Å². The molecule has 0 aromatic heterocycles. The Morgan fingerprint density at radius 2 is 2.29 bits per heavy atom. The van der Waals surface area contributed by atoms with Gasteiger partial charge < -0.3 is 9.84 Å². The molecule has 1 N–H and O–H groups in total. The van der Waals surface area contributed by atoms with E-state index in [1.54, 1.807) is 19.1 Å². The Bertz CT molecular complexity index is 466. The van der Waals surface area contributed by atoms with Gasteiger partial charge in [-0.1, -0.05) is 15.9 Å². The van der Waals surface area contributed by atoms with Crippen LogP contribution in [0.2, 0.25) is 0 Å². The molecule has 1 aromatic carbocycles. The van der Waals surface area contributed by atoms with Gasteiger partial charge in [0.2, 0.25) is 0 Å². The molecule has 5 heteroatoms. The summed E-state index contributed by atoms with van der Waals surface area (Å²) in [5, 5.41) is 18.0. The Balaban J connectivity index is 3.06. The van der Waals surface area contributed by atoms with Crippen LogP contribution >= 0.6 is 15.9 Å². The number of ether oxygens (including phenoxy) is 1. The Labute approximate surface area is 108 Å². The molecule has 0 radical (unpaired) electrons. The number of carbonyl (C=O) groups is 1. The number of carbonyl (C=O) groups excluding carboxylic acids is 1. The minimum absolute atomic E-state index is 0.0794. The highest BCUT2D eigenvalue weighted by atomic mass is 79.9. The van der Waals surface area contributed by atoms with Gasteiger partial charge >= 0.3 is 5.97 Å². The molecule has 0 saturated carbocycles. The summed E-state index contributed by atoms with van der Waals surface area (Å²) in [5.41, 5.74) is 1.66. The summed E-state index contributed by atoms with van der Waals surface area (Å²) < 4.78 is 5.48. The van der Waals surface area contributed by atoms with Crippen LogP contribution in [0, 0.1) is 11.3 Å². The maximum Gasteiger partial charge on any atom is 0.310 e. The van der Waals surface area contributed by atoms with Crippen molar-refractivity contribution < 1.29 is 14.6 Å². The largest absolute Gasteiger partial charge is 0.466 e. The van der Waals surface area contributed by atoms with E-state index < -0.39 is 0 Å². The molecule has 1 aromatic rings. The number of aliphatic hydroxyl groups excluding tert-OH is 1. The van der Waals surface area contributed by atoms with Crippen LogP contribution in [0.25, 0.3) is 0 Å². The summed E-state index contributed by atoms with van der Waals surface area (Å²) in [6.45, 7) is 1.84. The first-order chi connectivity index (χ1) is 8.12. The van der Waals surface area contributed by atoms with Gasteiger partial charge in [0, 0.05) is 4.47 Å². The van der Waals surface area contributed by atoms with Crippen LogP contribution in [0.3, 0.4) is 0 Å². The predicted octanol–water partition coefficient (Wildman–Crippen LogP) is 1.92. The third kappa shape index (κ3) is 3.55. The van der Waals surface area contributed by atoms with Crippen molar-refractivity contribution in [2.24, 2.45) is 0 Å². The second-order valence-corrected chi connectivity index (χ2v) is 4.20. The molecule has 0 bridgehead atoms. The number of hydrogen-bond acceptors (Lipinski definition) is 4. The summed E-state index contributed by atoms with van der Waals surface area (Å²) in [7, 11) is 0. The van der Waals surface area contributed by atoms with Gasteiger partial charge in [0.25, 0.3) is 0 Å². The molecule has 90 valence electrons. The number of esters is 1. The smallest absolute Gasteiger partial charge is 0.310 e. The lowest BCUT2D eigenvalue weighted by Gasteiger charge is -2.10. The van der Waals surface area contributed by atoms with E-state index >= 15 is 0 Å². The number of nitrogens with zero attached hydrogens (tertiary/aromatic N) is 1. The molecule has 0 aliphatic rings. The number of nitriles is 1.